The van der Waals surface area contributed by atoms with Gasteiger partial charge in [0.15, 0.2) is 0 Å². The van der Waals surface area contributed by atoms with E-state index in [1.54, 1.807) is 0 Å². The minimum Gasteiger partial charge on any atom is -0.460 e. The highest BCUT2D eigenvalue weighted by Gasteiger charge is 2.38. The van der Waals surface area contributed by atoms with E-state index >= 15 is 0 Å². The highest BCUT2D eigenvalue weighted by molar-refractivity contribution is 5.84. The molecular weight excluding hydrogens is 613 g/mol. The summed E-state index contributed by atoms with van der Waals surface area (Å²) in [5.74, 6) is 0.839. The Morgan fingerprint density at radius 2 is 1.66 bits per heavy atom. The van der Waals surface area contributed by atoms with Crippen molar-refractivity contribution in [1.82, 2.24) is 9.80 Å². The second kappa shape index (κ2) is 13.7. The summed E-state index contributed by atoms with van der Waals surface area (Å²) in [6, 6.07) is 19.7. The summed E-state index contributed by atoms with van der Waals surface area (Å²) in [6.07, 6.45) is -2.34. The molecule has 2 heterocycles. The number of carbonyl (C=O) groups excluding carboxylic acids is 1. The van der Waals surface area contributed by atoms with Gasteiger partial charge in [0.25, 0.3) is 5.69 Å². The second-order valence-electron chi connectivity index (χ2n) is 12.4. The number of piperazine rings is 1. The van der Waals surface area contributed by atoms with Crippen molar-refractivity contribution in [1.29, 1.82) is 0 Å². The molecule has 1 aliphatic carbocycles. The Kier molecular flexibility index (Phi) is 9.51. The molecule has 1 amide bonds. The van der Waals surface area contributed by atoms with Crippen LogP contribution in [-0.4, -0.2) is 65.6 Å². The average molecular weight is 651 g/mol. The number of hydrogen-bond acceptors (Lipinski definition) is 7. The number of ether oxygens (including phenoxy) is 1. The van der Waals surface area contributed by atoms with E-state index in [2.05, 4.69) is 59.6 Å². The molecular formula is C35H37F3N4O5. The van der Waals surface area contributed by atoms with Crippen LogP contribution in [0.15, 0.2) is 71.1 Å². The maximum atomic E-state index is 13.3. The zero-order valence-corrected chi connectivity index (χ0v) is 26.1. The Hall–Kier alpha value is -4.42. The summed E-state index contributed by atoms with van der Waals surface area (Å²) < 4.78 is 52.0. The molecule has 1 saturated heterocycles. The first-order valence-corrected chi connectivity index (χ1v) is 15.9. The van der Waals surface area contributed by atoms with Gasteiger partial charge in [-0.3, -0.25) is 19.8 Å². The molecule has 0 unspecified atom stereocenters. The first kappa shape index (κ1) is 32.5. The molecule has 12 heteroatoms. The lowest BCUT2D eigenvalue weighted by Gasteiger charge is -2.35. The number of furan rings is 1. The minimum absolute atomic E-state index is 0.00700. The summed E-state index contributed by atoms with van der Waals surface area (Å²) in [7, 11) is 0. The molecule has 0 spiro atoms. The number of rotatable bonds is 9. The predicted octanol–water partition coefficient (Wildman–Crippen LogP) is 7.42. The van der Waals surface area contributed by atoms with Gasteiger partial charge in [-0.2, -0.15) is 13.2 Å². The number of fused-ring (bicyclic) bond motifs is 1. The zero-order valence-electron chi connectivity index (χ0n) is 26.1. The molecule has 47 heavy (non-hydrogen) atoms. The summed E-state index contributed by atoms with van der Waals surface area (Å²) in [5, 5.41) is 15.2. The molecule has 9 nitrogen and oxygen atoms in total. The van der Waals surface area contributed by atoms with Crippen LogP contribution >= 0.6 is 0 Å². The maximum Gasteiger partial charge on any atom is 0.423 e. The number of anilines is 1. The van der Waals surface area contributed by atoms with Crippen LogP contribution in [0, 0.1) is 17.0 Å². The van der Waals surface area contributed by atoms with E-state index in [0.29, 0.717) is 45.3 Å². The number of alkyl halides is 3. The number of amides is 1. The van der Waals surface area contributed by atoms with Crippen molar-refractivity contribution >= 4 is 28.3 Å². The standard InChI is InChI=1S/C35H37F3N4O5/c1-23-2-4-24(5-3-23)25-6-13-33-26(18-25)19-30(47-33)21-40-14-16-41(17-15-40)34(43)22-46-29-10-7-27(8-11-29)39-28-9-12-32(42(44)45)31(20-28)35(36,37)38/h2-6,9,12-13,18-20,27,29,39H,7-8,10-11,14-17,21-22H2,1H3/t27-,29-. The smallest absolute Gasteiger partial charge is 0.423 e. The van der Waals surface area contributed by atoms with Gasteiger partial charge in [-0.25, -0.2) is 0 Å². The highest BCUT2D eigenvalue weighted by atomic mass is 19.4. The van der Waals surface area contributed by atoms with Gasteiger partial charge in [-0.05, 0) is 74.1 Å². The maximum absolute atomic E-state index is 13.3. The first-order chi connectivity index (χ1) is 22.5. The van der Waals surface area contributed by atoms with E-state index < -0.39 is 22.4 Å². The molecule has 0 atom stereocenters. The Bertz CT molecular complexity index is 1720. The summed E-state index contributed by atoms with van der Waals surface area (Å²) >= 11 is 0. The van der Waals surface area contributed by atoms with Crippen molar-refractivity contribution in [3.8, 4) is 11.1 Å². The van der Waals surface area contributed by atoms with Crippen molar-refractivity contribution in [2.24, 2.45) is 0 Å². The molecule has 2 fully saturated rings. The van der Waals surface area contributed by atoms with Gasteiger partial charge in [0, 0.05) is 49.4 Å². The number of aryl methyl sites for hydroxylation is 1. The normalized spacial score (nSPS) is 19.2. The molecule has 0 radical (unpaired) electrons. The van der Waals surface area contributed by atoms with Crippen molar-refractivity contribution in [3.05, 3.63) is 93.7 Å². The SMILES string of the molecule is Cc1ccc(-c2ccc3oc(CN4CCN(C(=O)CO[C@H]5CC[C@H](Nc6ccc([N+](=O)[O-])c(C(F)(F)F)c6)CC5)CC4)cc3c2)cc1. The third kappa shape index (κ3) is 7.94. The van der Waals surface area contributed by atoms with Gasteiger partial charge < -0.3 is 19.4 Å². The monoisotopic (exact) mass is 650 g/mol. The molecule has 1 saturated carbocycles. The van der Waals surface area contributed by atoms with Crippen LogP contribution in [0.25, 0.3) is 22.1 Å². The minimum atomic E-state index is -4.83. The van der Waals surface area contributed by atoms with Gasteiger partial charge in [0.05, 0.1) is 17.6 Å². The fourth-order valence-electron chi connectivity index (χ4n) is 6.38. The van der Waals surface area contributed by atoms with Crippen LogP contribution in [0.4, 0.5) is 24.5 Å². The second-order valence-corrected chi connectivity index (χ2v) is 12.4. The van der Waals surface area contributed by atoms with Gasteiger partial charge in [-0.15, -0.1) is 0 Å². The fourth-order valence-corrected chi connectivity index (χ4v) is 6.38. The third-order valence-corrected chi connectivity index (χ3v) is 9.04. The quantitative estimate of drug-likeness (QED) is 0.149. The van der Waals surface area contributed by atoms with Crippen LogP contribution in [0.1, 0.15) is 42.6 Å². The van der Waals surface area contributed by atoms with Crippen molar-refractivity contribution < 1.29 is 32.0 Å². The molecule has 1 aromatic heterocycles. The van der Waals surface area contributed by atoms with E-state index in [1.165, 1.54) is 17.2 Å². The van der Waals surface area contributed by atoms with Crippen molar-refractivity contribution in [2.75, 3.05) is 38.1 Å². The number of hydrogen-bond donors (Lipinski definition) is 1. The van der Waals surface area contributed by atoms with E-state index in [9.17, 15) is 28.1 Å². The number of halogens is 3. The lowest BCUT2D eigenvalue weighted by atomic mass is 9.92. The molecule has 6 rings (SSSR count). The molecule has 2 aliphatic rings. The van der Waals surface area contributed by atoms with Crippen molar-refractivity contribution in [3.63, 3.8) is 0 Å². The Balaban J connectivity index is 0.925. The summed E-state index contributed by atoms with van der Waals surface area (Å²) in [4.78, 5) is 27.0. The predicted molar refractivity (Wildman–Crippen MR) is 172 cm³/mol. The lowest BCUT2D eigenvalue weighted by molar-refractivity contribution is -0.388. The fraction of sp³-hybridized carbons (Fsp3) is 0.400. The first-order valence-electron chi connectivity index (χ1n) is 15.9. The zero-order chi connectivity index (χ0) is 33.1. The number of nitro groups is 1. The molecule has 248 valence electrons. The van der Waals surface area contributed by atoms with Crippen LogP contribution in [0.2, 0.25) is 0 Å². The van der Waals surface area contributed by atoms with Gasteiger partial charge in [0.2, 0.25) is 5.91 Å². The average Bonchev–Trinajstić information content (AvgIpc) is 3.46. The third-order valence-electron chi connectivity index (χ3n) is 9.04. The van der Waals surface area contributed by atoms with Crippen LogP contribution < -0.4 is 5.32 Å². The Morgan fingerprint density at radius 1 is 0.957 bits per heavy atom. The summed E-state index contributed by atoms with van der Waals surface area (Å²) in [6.45, 7) is 5.40. The van der Waals surface area contributed by atoms with Crippen LogP contribution in [0.3, 0.4) is 0 Å². The van der Waals surface area contributed by atoms with Crippen molar-refractivity contribution in [2.45, 2.75) is 57.5 Å². The molecule has 1 aliphatic heterocycles. The van der Waals surface area contributed by atoms with E-state index in [-0.39, 0.29) is 30.3 Å². The van der Waals surface area contributed by atoms with Gasteiger partial charge in [0.1, 0.15) is 23.5 Å². The Labute approximate surface area is 270 Å². The summed E-state index contributed by atoms with van der Waals surface area (Å²) in [5.41, 5.74) is 2.34. The van der Waals surface area contributed by atoms with E-state index in [0.717, 1.165) is 47.5 Å². The highest BCUT2D eigenvalue weighted by Crippen LogP contribution is 2.38. The lowest BCUT2D eigenvalue weighted by Crippen LogP contribution is -2.49. The molecule has 0 bridgehead atoms. The molecule has 3 aromatic carbocycles. The number of nitrogens with one attached hydrogen (secondary N) is 1. The van der Waals surface area contributed by atoms with Gasteiger partial charge in [-0.1, -0.05) is 35.9 Å². The van der Waals surface area contributed by atoms with E-state index in [4.69, 9.17) is 9.15 Å². The van der Waals surface area contributed by atoms with Crippen LogP contribution in [-0.2, 0) is 22.3 Å². The van der Waals surface area contributed by atoms with Crippen LogP contribution in [0.5, 0.6) is 0 Å². The topological polar surface area (TPSA) is 101 Å². The molecule has 4 aromatic rings. The van der Waals surface area contributed by atoms with Gasteiger partial charge >= 0.3 is 6.18 Å². The molecule has 1 N–H and O–H groups in total. The number of carbonyl (C=O) groups is 1. The number of benzene rings is 3. The largest absolute Gasteiger partial charge is 0.460 e. The Morgan fingerprint density at radius 3 is 2.34 bits per heavy atom. The number of nitro benzene ring substituents is 1. The van der Waals surface area contributed by atoms with E-state index in [1.807, 2.05) is 11.0 Å². The number of nitrogens with zero attached hydrogens (tertiary/aromatic N) is 3.